The van der Waals surface area contributed by atoms with Crippen molar-refractivity contribution in [2.24, 2.45) is 5.92 Å². The van der Waals surface area contributed by atoms with E-state index in [1.807, 2.05) is 6.92 Å². The van der Waals surface area contributed by atoms with Gasteiger partial charge in [-0.1, -0.05) is 20.8 Å². The zero-order valence-corrected chi connectivity index (χ0v) is 12.4. The van der Waals surface area contributed by atoms with Crippen LogP contribution >= 0.6 is 0 Å². The maximum Gasteiger partial charge on any atom is 0.125 e. The lowest BCUT2D eigenvalue weighted by Gasteiger charge is -2.44. The molecule has 1 heterocycles. The van der Waals surface area contributed by atoms with Gasteiger partial charge in [-0.2, -0.15) is 0 Å². The first-order chi connectivity index (χ1) is 9.01. The van der Waals surface area contributed by atoms with E-state index in [-0.39, 0.29) is 5.82 Å². The van der Waals surface area contributed by atoms with Crippen molar-refractivity contribution in [1.29, 1.82) is 0 Å². The van der Waals surface area contributed by atoms with Crippen molar-refractivity contribution in [3.63, 3.8) is 0 Å². The zero-order chi connectivity index (χ0) is 14.0. The van der Waals surface area contributed by atoms with Crippen LogP contribution in [0.5, 0.6) is 0 Å². The molecule has 106 valence electrons. The van der Waals surface area contributed by atoms with E-state index in [1.54, 1.807) is 12.1 Å². The molecule has 2 nitrogen and oxygen atoms in total. The van der Waals surface area contributed by atoms with Crippen molar-refractivity contribution in [2.45, 2.75) is 46.2 Å². The van der Waals surface area contributed by atoms with E-state index in [2.05, 4.69) is 37.1 Å². The molecule has 19 heavy (non-hydrogen) atoms. The molecule has 0 bridgehead atoms. The monoisotopic (exact) mass is 264 g/mol. The summed E-state index contributed by atoms with van der Waals surface area (Å²) >= 11 is 0. The predicted octanol–water partition coefficient (Wildman–Crippen LogP) is 3.35. The smallest absolute Gasteiger partial charge is 0.125 e. The van der Waals surface area contributed by atoms with E-state index in [4.69, 9.17) is 0 Å². The second-order valence-corrected chi connectivity index (χ2v) is 5.96. The SMILES string of the molecule is CCC1CN(c2cc(C)cc(F)c2)C(C(C)C)CN1. The molecule has 0 spiro atoms. The Bertz CT molecular complexity index is 411. The molecule has 1 aromatic rings. The number of piperazine rings is 1. The molecule has 1 aromatic carbocycles. The third-order valence-corrected chi connectivity index (χ3v) is 4.05. The highest BCUT2D eigenvalue weighted by atomic mass is 19.1. The largest absolute Gasteiger partial charge is 0.365 e. The maximum atomic E-state index is 13.6. The van der Waals surface area contributed by atoms with Gasteiger partial charge in [-0.3, -0.25) is 0 Å². The summed E-state index contributed by atoms with van der Waals surface area (Å²) in [7, 11) is 0. The van der Waals surface area contributed by atoms with E-state index in [1.165, 1.54) is 0 Å². The van der Waals surface area contributed by atoms with E-state index in [9.17, 15) is 4.39 Å². The Morgan fingerprint density at radius 1 is 1.37 bits per heavy atom. The van der Waals surface area contributed by atoms with Crippen molar-refractivity contribution in [1.82, 2.24) is 5.32 Å². The number of nitrogens with zero attached hydrogens (tertiary/aromatic N) is 1. The van der Waals surface area contributed by atoms with Crippen LogP contribution in [0, 0.1) is 18.7 Å². The van der Waals surface area contributed by atoms with E-state index in [0.717, 1.165) is 30.8 Å². The number of anilines is 1. The van der Waals surface area contributed by atoms with E-state index in [0.29, 0.717) is 18.0 Å². The zero-order valence-electron chi connectivity index (χ0n) is 12.4. The molecular weight excluding hydrogens is 239 g/mol. The Morgan fingerprint density at radius 2 is 2.11 bits per heavy atom. The summed E-state index contributed by atoms with van der Waals surface area (Å²) in [6.45, 7) is 10.6. The Morgan fingerprint density at radius 3 is 2.68 bits per heavy atom. The van der Waals surface area contributed by atoms with Gasteiger partial charge in [0.15, 0.2) is 0 Å². The third-order valence-electron chi connectivity index (χ3n) is 4.05. The quantitative estimate of drug-likeness (QED) is 0.900. The standard InChI is InChI=1S/C16H25FN2/c1-5-14-10-19(16(9-18-14)11(2)3)15-7-12(4)6-13(17)8-15/h6-8,11,14,16,18H,5,9-10H2,1-4H3. The molecule has 0 radical (unpaired) electrons. The highest BCUT2D eigenvalue weighted by Gasteiger charge is 2.29. The topological polar surface area (TPSA) is 15.3 Å². The van der Waals surface area contributed by atoms with Crippen LogP contribution in [-0.4, -0.2) is 25.2 Å². The van der Waals surface area contributed by atoms with Gasteiger partial charge in [0.2, 0.25) is 0 Å². The average Bonchev–Trinajstić information content (AvgIpc) is 2.36. The van der Waals surface area contributed by atoms with Crippen LogP contribution < -0.4 is 10.2 Å². The summed E-state index contributed by atoms with van der Waals surface area (Å²) in [6, 6.07) is 6.28. The summed E-state index contributed by atoms with van der Waals surface area (Å²) in [5.41, 5.74) is 2.01. The Balaban J connectivity index is 2.30. The van der Waals surface area contributed by atoms with Gasteiger partial charge in [0.05, 0.1) is 0 Å². The average molecular weight is 264 g/mol. The van der Waals surface area contributed by atoms with Crippen LogP contribution in [0.3, 0.4) is 0 Å². The minimum Gasteiger partial charge on any atom is -0.365 e. The molecule has 0 saturated carbocycles. The number of hydrogen-bond acceptors (Lipinski definition) is 2. The second-order valence-electron chi connectivity index (χ2n) is 5.96. The van der Waals surface area contributed by atoms with Crippen molar-refractivity contribution < 1.29 is 4.39 Å². The van der Waals surface area contributed by atoms with Crippen LogP contribution in [0.2, 0.25) is 0 Å². The molecule has 1 aliphatic heterocycles. The van der Waals surface area contributed by atoms with Crippen LogP contribution in [0.1, 0.15) is 32.8 Å². The van der Waals surface area contributed by atoms with Gasteiger partial charge in [-0.05, 0) is 43.0 Å². The highest BCUT2D eigenvalue weighted by molar-refractivity contribution is 5.50. The van der Waals surface area contributed by atoms with E-state index < -0.39 is 0 Å². The fourth-order valence-electron chi connectivity index (χ4n) is 2.88. The van der Waals surface area contributed by atoms with Crippen LogP contribution in [-0.2, 0) is 0 Å². The van der Waals surface area contributed by atoms with Crippen molar-refractivity contribution in [2.75, 3.05) is 18.0 Å². The number of nitrogens with one attached hydrogen (secondary N) is 1. The van der Waals surface area contributed by atoms with Gasteiger partial charge in [-0.25, -0.2) is 4.39 Å². The lowest BCUT2D eigenvalue weighted by Crippen LogP contribution is -2.58. The van der Waals surface area contributed by atoms with Gasteiger partial charge in [0, 0.05) is 30.9 Å². The third kappa shape index (κ3) is 3.27. The number of halogens is 1. The minimum absolute atomic E-state index is 0.135. The van der Waals surface area contributed by atoms with Gasteiger partial charge >= 0.3 is 0 Å². The molecule has 0 aromatic heterocycles. The van der Waals surface area contributed by atoms with Gasteiger partial charge < -0.3 is 10.2 Å². The van der Waals surface area contributed by atoms with Gasteiger partial charge in [0.1, 0.15) is 5.82 Å². The first kappa shape index (κ1) is 14.3. The predicted molar refractivity (Wildman–Crippen MR) is 79.2 cm³/mol. The fourth-order valence-corrected chi connectivity index (χ4v) is 2.88. The van der Waals surface area contributed by atoms with Crippen LogP contribution in [0.15, 0.2) is 18.2 Å². The fraction of sp³-hybridized carbons (Fsp3) is 0.625. The molecule has 2 unspecified atom stereocenters. The maximum absolute atomic E-state index is 13.6. The van der Waals surface area contributed by atoms with Crippen molar-refractivity contribution >= 4 is 5.69 Å². The number of rotatable bonds is 3. The first-order valence-corrected chi connectivity index (χ1v) is 7.28. The number of benzene rings is 1. The molecular formula is C16H25FN2. The molecule has 1 saturated heterocycles. The highest BCUT2D eigenvalue weighted by Crippen LogP contribution is 2.26. The molecule has 0 amide bonds. The Kier molecular flexibility index (Phi) is 4.46. The van der Waals surface area contributed by atoms with Gasteiger partial charge in [0.25, 0.3) is 0 Å². The van der Waals surface area contributed by atoms with Crippen molar-refractivity contribution in [3.8, 4) is 0 Å². The second kappa shape index (κ2) is 5.91. The summed E-state index contributed by atoms with van der Waals surface area (Å²) in [6.07, 6.45) is 1.11. The van der Waals surface area contributed by atoms with Gasteiger partial charge in [-0.15, -0.1) is 0 Å². The number of hydrogen-bond donors (Lipinski definition) is 1. The van der Waals surface area contributed by atoms with Crippen LogP contribution in [0.25, 0.3) is 0 Å². The van der Waals surface area contributed by atoms with Crippen LogP contribution in [0.4, 0.5) is 10.1 Å². The van der Waals surface area contributed by atoms with E-state index >= 15 is 0 Å². The lowest BCUT2D eigenvalue weighted by molar-refractivity contribution is 0.333. The van der Waals surface area contributed by atoms with Crippen molar-refractivity contribution in [3.05, 3.63) is 29.6 Å². The summed E-state index contributed by atoms with van der Waals surface area (Å²) in [5.74, 6) is 0.415. The normalized spacial score (nSPS) is 24.0. The summed E-state index contributed by atoms with van der Waals surface area (Å²) in [4.78, 5) is 2.38. The molecule has 2 rings (SSSR count). The summed E-state index contributed by atoms with van der Waals surface area (Å²) < 4.78 is 13.6. The molecule has 3 heteroatoms. The lowest BCUT2D eigenvalue weighted by atomic mass is 9.96. The molecule has 2 atom stereocenters. The molecule has 1 N–H and O–H groups in total. The first-order valence-electron chi connectivity index (χ1n) is 7.28. The molecule has 1 fully saturated rings. The molecule has 1 aliphatic rings. The number of aryl methyl sites for hydroxylation is 1. The molecule has 0 aliphatic carbocycles. The summed E-state index contributed by atoms with van der Waals surface area (Å²) in [5, 5.41) is 3.59. The minimum atomic E-state index is -0.135. The Hall–Kier alpha value is -1.09. The Labute approximate surface area is 116 Å².